The molecule has 1 amide bonds. The smallest absolute Gasteiger partial charge is 0.240 e. The molecule has 0 unspecified atom stereocenters. The minimum atomic E-state index is -0.0603. The van der Waals surface area contributed by atoms with Crippen LogP contribution in [-0.2, 0) is 4.79 Å². The van der Waals surface area contributed by atoms with Crippen LogP contribution in [0, 0.1) is 0 Å². The topological polar surface area (TPSA) is 88.7 Å². The van der Waals surface area contributed by atoms with Gasteiger partial charge in [-0.05, 0) is 29.8 Å². The number of aromatic hydroxyl groups is 1. The highest BCUT2D eigenvalue weighted by molar-refractivity contribution is 6.04. The first kappa shape index (κ1) is 16.8. The molecule has 0 fully saturated rings. The average Bonchev–Trinajstić information content (AvgIpc) is 3.10. The van der Waals surface area contributed by atoms with Crippen molar-refractivity contribution in [2.24, 2.45) is 5.10 Å². The second kappa shape index (κ2) is 6.95. The van der Waals surface area contributed by atoms with Crippen LogP contribution in [0.5, 0.6) is 11.6 Å². The van der Waals surface area contributed by atoms with Crippen LogP contribution >= 0.6 is 0 Å². The van der Waals surface area contributed by atoms with E-state index in [0.717, 1.165) is 28.3 Å². The van der Waals surface area contributed by atoms with E-state index in [1.165, 1.54) is 4.68 Å². The first-order valence-corrected chi connectivity index (χ1v) is 8.54. The fraction of sp³-hybridized carbons (Fsp3) is 0.150. The third kappa shape index (κ3) is 3.39. The lowest BCUT2D eigenvalue weighted by Gasteiger charge is -2.12. The van der Waals surface area contributed by atoms with E-state index in [1.807, 2.05) is 48.5 Å². The van der Waals surface area contributed by atoms with Gasteiger partial charge >= 0.3 is 0 Å². The fourth-order valence-corrected chi connectivity index (χ4v) is 2.94. The van der Waals surface area contributed by atoms with Gasteiger partial charge < -0.3 is 9.84 Å². The van der Waals surface area contributed by atoms with Crippen molar-refractivity contribution in [1.29, 1.82) is 0 Å². The SMILES string of the molecule is COc1ccc(-n2nc(-c3ccc(C4=NNC(=O)CC4)cc3)cc2O)cc1. The summed E-state index contributed by atoms with van der Waals surface area (Å²) >= 11 is 0. The zero-order valence-electron chi connectivity index (χ0n) is 14.7. The molecule has 0 saturated heterocycles. The molecule has 0 aliphatic carbocycles. The summed E-state index contributed by atoms with van der Waals surface area (Å²) in [4.78, 5) is 11.2. The van der Waals surface area contributed by atoms with Crippen LogP contribution < -0.4 is 10.2 Å². The van der Waals surface area contributed by atoms with E-state index in [9.17, 15) is 9.90 Å². The number of rotatable bonds is 4. The zero-order chi connectivity index (χ0) is 18.8. The van der Waals surface area contributed by atoms with Crippen molar-refractivity contribution in [3.63, 3.8) is 0 Å². The summed E-state index contributed by atoms with van der Waals surface area (Å²) in [6.45, 7) is 0. The highest BCUT2D eigenvalue weighted by atomic mass is 16.5. The highest BCUT2D eigenvalue weighted by Crippen LogP contribution is 2.27. The summed E-state index contributed by atoms with van der Waals surface area (Å²) in [6.07, 6.45) is 1.07. The standard InChI is InChI=1S/C20H18N4O3/c1-27-16-8-6-15(7-9-16)24-20(26)12-18(23-24)14-4-2-13(3-5-14)17-10-11-19(25)22-21-17/h2-9,12,26H,10-11H2,1H3,(H,22,25). The van der Waals surface area contributed by atoms with Crippen LogP contribution in [0.4, 0.5) is 0 Å². The van der Waals surface area contributed by atoms with Crippen molar-refractivity contribution >= 4 is 11.6 Å². The van der Waals surface area contributed by atoms with Gasteiger partial charge in [0.25, 0.3) is 0 Å². The summed E-state index contributed by atoms with van der Waals surface area (Å²) in [5.74, 6) is 0.733. The maximum absolute atomic E-state index is 11.2. The molecule has 2 N–H and O–H groups in total. The van der Waals surface area contributed by atoms with Crippen molar-refractivity contribution in [1.82, 2.24) is 15.2 Å². The molecule has 4 rings (SSSR count). The number of nitrogens with zero attached hydrogens (tertiary/aromatic N) is 3. The highest BCUT2D eigenvalue weighted by Gasteiger charge is 2.14. The van der Waals surface area contributed by atoms with Gasteiger partial charge in [-0.3, -0.25) is 4.79 Å². The van der Waals surface area contributed by atoms with E-state index in [2.05, 4.69) is 15.6 Å². The van der Waals surface area contributed by atoms with Crippen LogP contribution in [0.1, 0.15) is 18.4 Å². The van der Waals surface area contributed by atoms with E-state index in [-0.39, 0.29) is 11.8 Å². The molecule has 0 saturated carbocycles. The lowest BCUT2D eigenvalue weighted by molar-refractivity contribution is -0.121. The number of amides is 1. The van der Waals surface area contributed by atoms with Crippen molar-refractivity contribution in [3.05, 3.63) is 60.2 Å². The second-order valence-corrected chi connectivity index (χ2v) is 6.17. The van der Waals surface area contributed by atoms with Crippen molar-refractivity contribution < 1.29 is 14.6 Å². The van der Waals surface area contributed by atoms with Gasteiger partial charge in [-0.15, -0.1) is 0 Å². The van der Waals surface area contributed by atoms with Gasteiger partial charge in [0.2, 0.25) is 11.8 Å². The molecule has 1 aromatic heterocycles. The number of hydrazone groups is 1. The van der Waals surface area contributed by atoms with Crippen molar-refractivity contribution in [2.75, 3.05) is 7.11 Å². The Hall–Kier alpha value is -3.61. The number of carbonyl (C=O) groups excluding carboxylic acids is 1. The second-order valence-electron chi connectivity index (χ2n) is 6.17. The maximum atomic E-state index is 11.2. The predicted molar refractivity (Wildman–Crippen MR) is 101 cm³/mol. The van der Waals surface area contributed by atoms with Gasteiger partial charge in [0.05, 0.1) is 24.2 Å². The van der Waals surface area contributed by atoms with Crippen LogP contribution in [0.2, 0.25) is 0 Å². The lowest BCUT2D eigenvalue weighted by atomic mass is 10.0. The normalized spacial score (nSPS) is 13.8. The van der Waals surface area contributed by atoms with Crippen molar-refractivity contribution in [2.45, 2.75) is 12.8 Å². The number of hydrogen-bond donors (Lipinski definition) is 2. The van der Waals surface area contributed by atoms with Crippen LogP contribution in [0.25, 0.3) is 16.9 Å². The van der Waals surface area contributed by atoms with E-state index in [0.29, 0.717) is 18.5 Å². The van der Waals surface area contributed by atoms with Gasteiger partial charge in [0, 0.05) is 24.5 Å². The van der Waals surface area contributed by atoms with Crippen LogP contribution in [0.15, 0.2) is 59.7 Å². The van der Waals surface area contributed by atoms with Crippen molar-refractivity contribution in [3.8, 4) is 28.6 Å². The van der Waals surface area contributed by atoms with E-state index in [1.54, 1.807) is 13.2 Å². The fourth-order valence-electron chi connectivity index (χ4n) is 2.94. The Morgan fingerprint density at radius 3 is 2.37 bits per heavy atom. The van der Waals surface area contributed by atoms with Crippen LogP contribution in [0.3, 0.4) is 0 Å². The number of hydrogen-bond acceptors (Lipinski definition) is 5. The number of nitrogens with one attached hydrogen (secondary N) is 1. The molecule has 2 aromatic carbocycles. The van der Waals surface area contributed by atoms with Gasteiger partial charge in [-0.1, -0.05) is 24.3 Å². The molecule has 2 heterocycles. The summed E-state index contributed by atoms with van der Waals surface area (Å²) in [5.41, 5.74) is 6.59. The molecular weight excluding hydrogens is 344 g/mol. The minimum Gasteiger partial charge on any atom is -0.497 e. The molecule has 0 radical (unpaired) electrons. The first-order chi connectivity index (χ1) is 13.1. The Labute approximate surface area is 155 Å². The van der Waals surface area contributed by atoms with Gasteiger partial charge in [-0.25, -0.2) is 10.1 Å². The zero-order valence-corrected chi connectivity index (χ0v) is 14.7. The Bertz CT molecular complexity index is 1000. The third-order valence-electron chi connectivity index (χ3n) is 4.43. The monoisotopic (exact) mass is 362 g/mol. The number of methoxy groups -OCH3 is 1. The molecule has 136 valence electrons. The molecular formula is C20H18N4O3. The van der Waals surface area contributed by atoms with Gasteiger partial charge in [0.15, 0.2) is 0 Å². The lowest BCUT2D eigenvalue weighted by Crippen LogP contribution is -2.25. The Kier molecular flexibility index (Phi) is 4.33. The average molecular weight is 362 g/mol. The Morgan fingerprint density at radius 2 is 1.74 bits per heavy atom. The molecule has 7 nitrogen and oxygen atoms in total. The summed E-state index contributed by atoms with van der Waals surface area (Å²) < 4.78 is 6.63. The number of ether oxygens (including phenoxy) is 1. The molecule has 0 bridgehead atoms. The first-order valence-electron chi connectivity index (χ1n) is 8.54. The molecule has 1 aliphatic heterocycles. The molecule has 3 aromatic rings. The van der Waals surface area contributed by atoms with E-state index in [4.69, 9.17) is 4.74 Å². The minimum absolute atomic E-state index is 0.0543. The summed E-state index contributed by atoms with van der Waals surface area (Å²) in [6, 6.07) is 16.6. The van der Waals surface area contributed by atoms with Gasteiger partial charge in [0.1, 0.15) is 5.75 Å². The summed E-state index contributed by atoms with van der Waals surface area (Å²) in [7, 11) is 1.61. The molecule has 1 aliphatic rings. The largest absolute Gasteiger partial charge is 0.497 e. The number of aromatic nitrogens is 2. The van der Waals surface area contributed by atoms with Crippen LogP contribution in [-0.4, -0.2) is 33.6 Å². The Morgan fingerprint density at radius 1 is 1.04 bits per heavy atom. The Balaban J connectivity index is 1.59. The van der Waals surface area contributed by atoms with E-state index >= 15 is 0 Å². The quantitative estimate of drug-likeness (QED) is 0.747. The third-order valence-corrected chi connectivity index (χ3v) is 4.43. The maximum Gasteiger partial charge on any atom is 0.240 e. The molecule has 0 spiro atoms. The predicted octanol–water partition coefficient (Wildman–Crippen LogP) is 2.87. The molecule has 7 heteroatoms. The molecule has 27 heavy (non-hydrogen) atoms. The van der Waals surface area contributed by atoms with E-state index < -0.39 is 0 Å². The molecule has 0 atom stereocenters. The number of benzene rings is 2. The van der Waals surface area contributed by atoms with Gasteiger partial charge in [-0.2, -0.15) is 10.2 Å². The number of carbonyl (C=O) groups is 1. The summed E-state index contributed by atoms with van der Waals surface area (Å²) in [5, 5.41) is 18.9.